The Hall–Kier alpha value is -1.05. The molecule has 6 nitrogen and oxygen atoms in total. The van der Waals surface area contributed by atoms with Gasteiger partial charge in [-0.1, -0.05) is 13.8 Å². The van der Waals surface area contributed by atoms with Crippen LogP contribution >= 0.6 is 0 Å². The monoisotopic (exact) mass is 320 g/mol. The van der Waals surface area contributed by atoms with Gasteiger partial charge in [0, 0.05) is 0 Å². The van der Waals surface area contributed by atoms with Crippen molar-refractivity contribution in [2.24, 2.45) is 23.3 Å². The summed E-state index contributed by atoms with van der Waals surface area (Å²) < 4.78 is 17.9. The van der Waals surface area contributed by atoms with Crippen LogP contribution in [0.15, 0.2) is 0 Å². The molecule has 130 valence electrons. The van der Waals surface area contributed by atoms with Crippen LogP contribution in [0.5, 0.6) is 0 Å². The number of rotatable bonds is 8. The van der Waals surface area contributed by atoms with Crippen LogP contribution in [-0.2, 0) is 14.3 Å². The molecule has 0 bridgehead atoms. The van der Waals surface area contributed by atoms with Gasteiger partial charge in [0.25, 0.3) is 0 Å². The molecule has 0 amide bonds. The average molecular weight is 320 g/mol. The molecule has 0 aliphatic rings. The number of Topliss-reactive ketones (excluding diaryl/α,β-unsaturated/α-hetero) is 1. The third kappa shape index (κ3) is 6.81. The molecular formula is C15H29FN2O4. The van der Waals surface area contributed by atoms with Gasteiger partial charge >= 0.3 is 5.97 Å². The van der Waals surface area contributed by atoms with Crippen molar-refractivity contribution in [2.75, 3.05) is 6.67 Å². The van der Waals surface area contributed by atoms with Crippen molar-refractivity contribution in [2.45, 2.75) is 64.8 Å². The molecule has 0 spiro atoms. The van der Waals surface area contributed by atoms with Crippen LogP contribution in [0.2, 0.25) is 0 Å². The van der Waals surface area contributed by atoms with Crippen LogP contribution in [0, 0.1) is 11.8 Å². The van der Waals surface area contributed by atoms with Crippen LogP contribution < -0.4 is 11.5 Å². The van der Waals surface area contributed by atoms with Gasteiger partial charge in [-0.3, -0.25) is 9.59 Å². The highest BCUT2D eigenvalue weighted by Crippen LogP contribution is 2.19. The third-order valence-electron chi connectivity index (χ3n) is 3.06. The van der Waals surface area contributed by atoms with Crippen molar-refractivity contribution in [3.05, 3.63) is 0 Å². The number of hydrogen-bond donors (Lipinski definition) is 3. The van der Waals surface area contributed by atoms with E-state index in [9.17, 15) is 19.1 Å². The number of esters is 1. The van der Waals surface area contributed by atoms with Crippen molar-refractivity contribution in [3.63, 3.8) is 0 Å². The van der Waals surface area contributed by atoms with Crippen molar-refractivity contribution in [1.29, 1.82) is 0 Å². The standard InChI is InChI=1S/C15H29FN2O4/c1-8(2)6-9(17)13(20)11(10(19)7-16)12(18)14(21)22-15(3,4)5/h8-12,19H,6-7,17-18H2,1-5H3. The van der Waals surface area contributed by atoms with Gasteiger partial charge in [-0.25, -0.2) is 4.39 Å². The molecule has 0 aliphatic heterocycles. The van der Waals surface area contributed by atoms with E-state index in [1.807, 2.05) is 13.8 Å². The molecule has 7 heteroatoms. The van der Waals surface area contributed by atoms with Gasteiger partial charge in [-0.05, 0) is 33.1 Å². The first-order chi connectivity index (χ1) is 9.90. The number of halogens is 1. The largest absolute Gasteiger partial charge is 0.459 e. The highest BCUT2D eigenvalue weighted by atomic mass is 19.1. The summed E-state index contributed by atoms with van der Waals surface area (Å²) in [5, 5.41) is 9.75. The predicted molar refractivity (Wildman–Crippen MR) is 81.7 cm³/mol. The lowest BCUT2D eigenvalue weighted by molar-refractivity contribution is -0.161. The van der Waals surface area contributed by atoms with Crippen LogP contribution in [0.4, 0.5) is 4.39 Å². The Morgan fingerprint density at radius 3 is 2.09 bits per heavy atom. The van der Waals surface area contributed by atoms with Gasteiger partial charge < -0.3 is 21.3 Å². The molecule has 0 aromatic rings. The van der Waals surface area contributed by atoms with Gasteiger partial charge in [-0.2, -0.15) is 0 Å². The van der Waals surface area contributed by atoms with Crippen molar-refractivity contribution in [3.8, 4) is 0 Å². The topological polar surface area (TPSA) is 116 Å². The van der Waals surface area contributed by atoms with Gasteiger partial charge in [0.05, 0.1) is 18.1 Å². The minimum Gasteiger partial charge on any atom is -0.459 e. The van der Waals surface area contributed by atoms with E-state index >= 15 is 0 Å². The lowest BCUT2D eigenvalue weighted by atomic mass is 9.84. The number of alkyl halides is 1. The summed E-state index contributed by atoms with van der Waals surface area (Å²) in [4.78, 5) is 24.3. The van der Waals surface area contributed by atoms with E-state index in [4.69, 9.17) is 16.2 Å². The summed E-state index contributed by atoms with van der Waals surface area (Å²) >= 11 is 0. The second-order valence-electron chi connectivity index (χ2n) is 6.95. The van der Waals surface area contributed by atoms with Crippen molar-refractivity contribution >= 4 is 11.8 Å². The predicted octanol–water partition coefficient (Wildman–Crippen LogP) is 0.545. The first-order valence-electron chi connectivity index (χ1n) is 7.42. The van der Waals surface area contributed by atoms with Gasteiger partial charge in [-0.15, -0.1) is 0 Å². The zero-order valence-corrected chi connectivity index (χ0v) is 14.0. The van der Waals surface area contributed by atoms with Crippen LogP contribution in [0.3, 0.4) is 0 Å². The number of ether oxygens (including phenoxy) is 1. The molecule has 0 heterocycles. The van der Waals surface area contributed by atoms with Crippen molar-refractivity contribution < 1.29 is 23.8 Å². The first-order valence-corrected chi connectivity index (χ1v) is 7.42. The summed E-state index contributed by atoms with van der Waals surface area (Å²) in [6.45, 7) is 7.49. The summed E-state index contributed by atoms with van der Waals surface area (Å²) in [6.07, 6.45) is -1.33. The number of hydrogen-bond acceptors (Lipinski definition) is 6. The number of carbonyl (C=O) groups excluding carboxylic acids is 2. The molecule has 0 aliphatic carbocycles. The Kier molecular flexibility index (Phi) is 8.14. The molecule has 5 N–H and O–H groups in total. The minimum atomic E-state index is -1.69. The molecule has 0 aromatic carbocycles. The van der Waals surface area contributed by atoms with Crippen LogP contribution in [-0.4, -0.2) is 47.3 Å². The van der Waals surface area contributed by atoms with E-state index in [2.05, 4.69) is 0 Å². The number of ketones is 1. The number of carbonyl (C=O) groups is 2. The maximum atomic E-state index is 12.8. The van der Waals surface area contributed by atoms with E-state index in [-0.39, 0.29) is 5.92 Å². The summed E-state index contributed by atoms with van der Waals surface area (Å²) in [6, 6.07) is -2.38. The fourth-order valence-corrected chi connectivity index (χ4v) is 2.09. The molecule has 0 saturated carbocycles. The quantitative estimate of drug-likeness (QED) is 0.562. The molecule has 0 radical (unpaired) electrons. The second-order valence-corrected chi connectivity index (χ2v) is 6.95. The van der Waals surface area contributed by atoms with Gasteiger partial charge in [0.1, 0.15) is 18.3 Å². The molecule has 0 fully saturated rings. The molecule has 4 atom stereocenters. The maximum Gasteiger partial charge on any atom is 0.324 e. The fraction of sp³-hybridized carbons (Fsp3) is 0.867. The molecule has 0 aromatic heterocycles. The van der Waals surface area contributed by atoms with Crippen molar-refractivity contribution in [1.82, 2.24) is 0 Å². The van der Waals surface area contributed by atoms with E-state index in [0.29, 0.717) is 6.42 Å². The Morgan fingerprint density at radius 1 is 1.23 bits per heavy atom. The lowest BCUT2D eigenvalue weighted by Gasteiger charge is -2.29. The maximum absolute atomic E-state index is 12.8. The fourth-order valence-electron chi connectivity index (χ4n) is 2.09. The van der Waals surface area contributed by atoms with Gasteiger partial charge in [0.15, 0.2) is 5.78 Å². The first kappa shape index (κ1) is 20.9. The normalized spacial score (nSPS) is 17.7. The number of aliphatic hydroxyl groups excluding tert-OH is 1. The van der Waals surface area contributed by atoms with E-state index in [1.54, 1.807) is 20.8 Å². The molecular weight excluding hydrogens is 291 g/mol. The minimum absolute atomic E-state index is 0.139. The molecule has 0 saturated heterocycles. The Labute approximate surface area is 131 Å². The number of aliphatic hydroxyl groups is 1. The summed E-state index contributed by atoms with van der Waals surface area (Å²) in [5.41, 5.74) is 10.7. The molecule has 4 unspecified atom stereocenters. The smallest absolute Gasteiger partial charge is 0.324 e. The van der Waals surface area contributed by atoms with Crippen LogP contribution in [0.25, 0.3) is 0 Å². The summed E-state index contributed by atoms with van der Waals surface area (Å²) in [5.74, 6) is -2.78. The van der Waals surface area contributed by atoms with E-state index in [1.165, 1.54) is 0 Å². The van der Waals surface area contributed by atoms with E-state index in [0.717, 1.165) is 0 Å². The average Bonchev–Trinajstić information content (AvgIpc) is 2.35. The van der Waals surface area contributed by atoms with E-state index < -0.39 is 48.1 Å². The SMILES string of the molecule is CC(C)CC(N)C(=O)C(C(O)CF)C(N)C(=O)OC(C)(C)C. The Morgan fingerprint density at radius 2 is 1.73 bits per heavy atom. The Bertz CT molecular complexity index is 382. The molecule has 22 heavy (non-hydrogen) atoms. The lowest BCUT2D eigenvalue weighted by Crippen LogP contribution is -2.54. The Balaban J connectivity index is 5.20. The second kappa shape index (κ2) is 8.55. The number of nitrogens with two attached hydrogens (primary N) is 2. The highest BCUT2D eigenvalue weighted by Gasteiger charge is 2.40. The zero-order chi connectivity index (χ0) is 17.7. The van der Waals surface area contributed by atoms with Crippen LogP contribution in [0.1, 0.15) is 41.0 Å². The third-order valence-corrected chi connectivity index (χ3v) is 3.06. The zero-order valence-electron chi connectivity index (χ0n) is 14.0. The molecule has 0 rings (SSSR count). The highest BCUT2D eigenvalue weighted by molar-refractivity contribution is 5.92. The van der Waals surface area contributed by atoms with Gasteiger partial charge in [0.2, 0.25) is 0 Å². The summed E-state index contributed by atoms with van der Waals surface area (Å²) in [7, 11) is 0.